The maximum atomic E-state index is 13.7. The van der Waals surface area contributed by atoms with Crippen LogP contribution in [0, 0.1) is 5.82 Å². The molecule has 3 rings (SSSR count). The molecular weight excluding hydrogens is 517 g/mol. The van der Waals surface area contributed by atoms with Gasteiger partial charge in [0.05, 0.1) is 15.6 Å². The van der Waals surface area contributed by atoms with Crippen molar-refractivity contribution in [2.75, 3.05) is 17.4 Å². The largest absolute Gasteiger partial charge is 0.354 e. The number of amides is 2. The van der Waals surface area contributed by atoms with Gasteiger partial charge in [0.1, 0.15) is 18.4 Å². The zero-order valence-electron chi connectivity index (χ0n) is 20.6. The monoisotopic (exact) mass is 545 g/mol. The predicted molar refractivity (Wildman–Crippen MR) is 142 cm³/mol. The molecule has 37 heavy (non-hydrogen) atoms. The average molecular weight is 546 g/mol. The van der Waals surface area contributed by atoms with Gasteiger partial charge in [0, 0.05) is 13.1 Å². The van der Waals surface area contributed by atoms with Gasteiger partial charge >= 0.3 is 0 Å². The number of carbonyl (C=O) groups is 2. The molecule has 0 saturated heterocycles. The first-order valence-electron chi connectivity index (χ1n) is 11.8. The van der Waals surface area contributed by atoms with Crippen LogP contribution in [0.15, 0.2) is 83.8 Å². The van der Waals surface area contributed by atoms with Crippen LogP contribution in [0.25, 0.3) is 0 Å². The lowest BCUT2D eigenvalue weighted by atomic mass is 10.1. The maximum Gasteiger partial charge on any atom is 0.264 e. The number of carbonyl (C=O) groups excluding carboxylic acids is 2. The van der Waals surface area contributed by atoms with E-state index < -0.39 is 34.3 Å². The van der Waals surface area contributed by atoms with Crippen molar-refractivity contribution in [3.8, 4) is 0 Å². The summed E-state index contributed by atoms with van der Waals surface area (Å²) in [7, 11) is -4.19. The fourth-order valence-corrected chi connectivity index (χ4v) is 5.39. The van der Waals surface area contributed by atoms with Gasteiger partial charge in [-0.3, -0.25) is 13.9 Å². The third kappa shape index (κ3) is 7.08. The molecule has 0 aliphatic carbocycles. The molecule has 0 fully saturated rings. The van der Waals surface area contributed by atoms with Crippen LogP contribution in [0.5, 0.6) is 0 Å². The molecule has 10 heteroatoms. The van der Waals surface area contributed by atoms with E-state index in [1.807, 2.05) is 6.92 Å². The fraction of sp³-hybridized carbons (Fsp3) is 0.259. The zero-order chi connectivity index (χ0) is 27.0. The Labute approximate surface area is 221 Å². The predicted octanol–water partition coefficient (Wildman–Crippen LogP) is 4.62. The lowest BCUT2D eigenvalue weighted by Crippen LogP contribution is -2.51. The second-order valence-electron chi connectivity index (χ2n) is 8.39. The summed E-state index contributed by atoms with van der Waals surface area (Å²) in [6.45, 7) is 3.27. The Bertz CT molecular complexity index is 1320. The number of halogens is 2. The van der Waals surface area contributed by atoms with Crippen LogP contribution in [-0.2, 0) is 26.2 Å². The summed E-state index contributed by atoms with van der Waals surface area (Å²) in [5.41, 5.74) is 0.714. The van der Waals surface area contributed by atoms with E-state index in [1.54, 1.807) is 37.3 Å². The molecule has 0 aliphatic heterocycles. The lowest BCUT2D eigenvalue weighted by Gasteiger charge is -2.32. The first kappa shape index (κ1) is 28.1. The highest BCUT2D eigenvalue weighted by Crippen LogP contribution is 2.30. The molecule has 1 unspecified atom stereocenters. The van der Waals surface area contributed by atoms with E-state index >= 15 is 0 Å². The molecule has 0 bridgehead atoms. The normalized spacial score (nSPS) is 12.0. The summed E-state index contributed by atoms with van der Waals surface area (Å²) >= 11 is 6.36. The molecular formula is C27H29ClFN3O4S. The van der Waals surface area contributed by atoms with Crippen molar-refractivity contribution in [1.82, 2.24) is 10.2 Å². The second-order valence-corrected chi connectivity index (χ2v) is 10.7. The summed E-state index contributed by atoms with van der Waals surface area (Å²) in [6.07, 6.45) is 0.708. The Morgan fingerprint density at radius 1 is 0.973 bits per heavy atom. The van der Waals surface area contributed by atoms with Crippen molar-refractivity contribution in [1.29, 1.82) is 0 Å². The van der Waals surface area contributed by atoms with Crippen molar-refractivity contribution in [2.45, 2.75) is 37.8 Å². The summed E-state index contributed by atoms with van der Waals surface area (Å²) < 4.78 is 41.7. The van der Waals surface area contributed by atoms with E-state index in [4.69, 9.17) is 11.6 Å². The zero-order valence-corrected chi connectivity index (χ0v) is 22.2. The number of para-hydroxylation sites is 1. The van der Waals surface area contributed by atoms with Crippen LogP contribution >= 0.6 is 11.6 Å². The Balaban J connectivity index is 2.01. The lowest BCUT2D eigenvalue weighted by molar-refractivity contribution is -0.139. The van der Waals surface area contributed by atoms with E-state index in [9.17, 15) is 22.4 Å². The van der Waals surface area contributed by atoms with Crippen molar-refractivity contribution >= 4 is 39.1 Å². The van der Waals surface area contributed by atoms with Crippen molar-refractivity contribution in [2.24, 2.45) is 0 Å². The van der Waals surface area contributed by atoms with Gasteiger partial charge in [-0.25, -0.2) is 12.8 Å². The summed E-state index contributed by atoms with van der Waals surface area (Å²) in [4.78, 5) is 27.8. The first-order valence-corrected chi connectivity index (χ1v) is 13.6. The van der Waals surface area contributed by atoms with E-state index in [1.165, 1.54) is 53.4 Å². The maximum absolute atomic E-state index is 13.7. The Hall–Kier alpha value is -3.43. The number of anilines is 1. The minimum absolute atomic E-state index is 0.0125. The average Bonchev–Trinajstić information content (AvgIpc) is 2.90. The van der Waals surface area contributed by atoms with Gasteiger partial charge in [-0.15, -0.1) is 0 Å². The van der Waals surface area contributed by atoms with Gasteiger partial charge in [0.25, 0.3) is 10.0 Å². The molecule has 0 radical (unpaired) electrons. The van der Waals surface area contributed by atoms with Crippen LogP contribution in [0.3, 0.4) is 0 Å². The molecule has 196 valence electrons. The van der Waals surface area contributed by atoms with Gasteiger partial charge in [-0.2, -0.15) is 0 Å². The SMILES string of the molecule is CCCNC(=O)C(C)N(Cc1ccc(F)cc1)C(=O)CN(c1ccccc1Cl)S(=O)(=O)c1ccccc1. The number of rotatable bonds is 11. The third-order valence-corrected chi connectivity index (χ3v) is 7.81. The van der Waals surface area contributed by atoms with Gasteiger partial charge < -0.3 is 10.2 Å². The van der Waals surface area contributed by atoms with Gasteiger partial charge in [-0.1, -0.05) is 61.0 Å². The highest BCUT2D eigenvalue weighted by Gasteiger charge is 2.33. The van der Waals surface area contributed by atoms with E-state index in [2.05, 4.69) is 5.32 Å². The van der Waals surface area contributed by atoms with Crippen LogP contribution in [-0.4, -0.2) is 44.3 Å². The van der Waals surface area contributed by atoms with Crippen LogP contribution in [0.1, 0.15) is 25.8 Å². The van der Waals surface area contributed by atoms with Crippen molar-refractivity contribution in [3.63, 3.8) is 0 Å². The van der Waals surface area contributed by atoms with E-state index in [0.717, 1.165) is 4.31 Å². The smallest absolute Gasteiger partial charge is 0.264 e. The third-order valence-electron chi connectivity index (χ3n) is 5.71. The molecule has 1 N–H and O–H groups in total. The quantitative estimate of drug-likeness (QED) is 0.381. The molecule has 0 aromatic heterocycles. The molecule has 7 nitrogen and oxygen atoms in total. The number of hydrogen-bond acceptors (Lipinski definition) is 4. The summed E-state index contributed by atoms with van der Waals surface area (Å²) in [5, 5.41) is 2.91. The molecule has 0 aliphatic rings. The number of nitrogens with zero attached hydrogens (tertiary/aromatic N) is 2. The highest BCUT2D eigenvalue weighted by molar-refractivity contribution is 7.92. The number of benzene rings is 3. The van der Waals surface area contributed by atoms with Gasteiger partial charge in [-0.05, 0) is 55.3 Å². The number of hydrogen-bond donors (Lipinski definition) is 1. The number of sulfonamides is 1. The molecule has 3 aromatic carbocycles. The Kier molecular flexibility index (Phi) is 9.66. The summed E-state index contributed by atoms with van der Waals surface area (Å²) in [5.74, 6) is -1.44. The van der Waals surface area contributed by atoms with Gasteiger partial charge in [0.2, 0.25) is 11.8 Å². The molecule has 3 aromatic rings. The van der Waals surface area contributed by atoms with Gasteiger partial charge in [0.15, 0.2) is 0 Å². The summed E-state index contributed by atoms with van der Waals surface area (Å²) in [6, 6.07) is 18.7. The van der Waals surface area contributed by atoms with Crippen LogP contribution in [0.4, 0.5) is 10.1 Å². The minimum Gasteiger partial charge on any atom is -0.354 e. The van der Waals surface area contributed by atoms with E-state index in [0.29, 0.717) is 18.5 Å². The molecule has 0 saturated carbocycles. The Morgan fingerprint density at radius 2 is 1.59 bits per heavy atom. The Morgan fingerprint density at radius 3 is 2.22 bits per heavy atom. The second kappa shape index (κ2) is 12.7. The first-order chi connectivity index (χ1) is 17.6. The highest BCUT2D eigenvalue weighted by atomic mass is 35.5. The topological polar surface area (TPSA) is 86.8 Å². The van der Waals surface area contributed by atoms with Crippen LogP contribution in [0.2, 0.25) is 5.02 Å². The fourth-order valence-electron chi connectivity index (χ4n) is 3.65. The van der Waals surface area contributed by atoms with E-state index in [-0.39, 0.29) is 28.1 Å². The molecule has 2 amide bonds. The molecule has 0 spiro atoms. The van der Waals surface area contributed by atoms with Crippen molar-refractivity contribution < 1.29 is 22.4 Å². The molecule has 0 heterocycles. The molecule has 1 atom stereocenters. The standard InChI is InChI=1S/C27H29ClFN3O4S/c1-3-17-30-27(34)20(2)31(18-21-13-15-22(29)16-14-21)26(33)19-32(25-12-8-7-11-24(25)28)37(35,36)23-9-5-4-6-10-23/h4-16,20H,3,17-19H2,1-2H3,(H,30,34). The van der Waals surface area contributed by atoms with Crippen molar-refractivity contribution in [3.05, 3.63) is 95.3 Å². The van der Waals surface area contributed by atoms with Crippen LogP contribution < -0.4 is 9.62 Å². The minimum atomic E-state index is -4.19. The number of nitrogens with one attached hydrogen (secondary N) is 1.